The summed E-state index contributed by atoms with van der Waals surface area (Å²) in [4.78, 5) is 49.6. The lowest BCUT2D eigenvalue weighted by molar-refractivity contribution is -0.139. The monoisotopic (exact) mass is 347 g/mol. The van der Waals surface area contributed by atoms with Gasteiger partial charge in [0.15, 0.2) is 0 Å². The maximum atomic E-state index is 12.4. The smallest absolute Gasteiger partial charge is 0.326 e. The van der Waals surface area contributed by atoms with Crippen molar-refractivity contribution in [2.24, 2.45) is 5.92 Å². The second kappa shape index (κ2) is 7.33. The Bertz CT molecular complexity index is 926. The number of aromatic amines is 1. The van der Waals surface area contributed by atoms with Crippen molar-refractivity contribution in [3.05, 3.63) is 44.5 Å². The first-order valence-corrected chi connectivity index (χ1v) is 8.05. The van der Waals surface area contributed by atoms with Gasteiger partial charge in [-0.3, -0.25) is 14.4 Å². The SMILES string of the molecule is CCn1c(=O)c(=O)[nH]c2cc(C(=O)N[C@H](CC(C)C)C(=O)O)ccc21. The number of hydrogen-bond acceptors (Lipinski definition) is 4. The number of carbonyl (C=O) groups is 2. The first kappa shape index (κ1) is 18.4. The molecular weight excluding hydrogens is 326 g/mol. The highest BCUT2D eigenvalue weighted by Crippen LogP contribution is 2.13. The Labute approximate surface area is 143 Å². The summed E-state index contributed by atoms with van der Waals surface area (Å²) in [6.45, 7) is 5.80. The Morgan fingerprint density at radius 3 is 2.52 bits per heavy atom. The summed E-state index contributed by atoms with van der Waals surface area (Å²) in [5.74, 6) is -1.55. The molecule has 0 aliphatic heterocycles. The lowest BCUT2D eigenvalue weighted by atomic mass is 10.0. The highest BCUT2D eigenvalue weighted by molar-refractivity contribution is 5.99. The van der Waals surface area contributed by atoms with Gasteiger partial charge in [0.05, 0.1) is 11.0 Å². The van der Waals surface area contributed by atoms with E-state index in [-0.39, 0.29) is 11.5 Å². The number of aliphatic carboxylic acids is 1. The Kier molecular flexibility index (Phi) is 5.41. The van der Waals surface area contributed by atoms with Gasteiger partial charge in [0, 0.05) is 12.1 Å². The Hall–Kier alpha value is -2.90. The molecule has 2 aromatic rings. The Balaban J connectivity index is 2.40. The van der Waals surface area contributed by atoms with Gasteiger partial charge >= 0.3 is 17.1 Å². The molecule has 25 heavy (non-hydrogen) atoms. The molecule has 0 bridgehead atoms. The van der Waals surface area contributed by atoms with Crippen LogP contribution in [0.4, 0.5) is 0 Å². The van der Waals surface area contributed by atoms with E-state index in [0.717, 1.165) is 0 Å². The number of hydrogen-bond donors (Lipinski definition) is 3. The quantitative estimate of drug-likeness (QED) is 0.672. The second-order valence-corrected chi connectivity index (χ2v) is 6.23. The van der Waals surface area contributed by atoms with Gasteiger partial charge in [0.25, 0.3) is 5.91 Å². The van der Waals surface area contributed by atoms with Gasteiger partial charge < -0.3 is 20.0 Å². The summed E-state index contributed by atoms with van der Waals surface area (Å²) in [6.07, 6.45) is 0.306. The molecule has 8 heteroatoms. The van der Waals surface area contributed by atoms with Crippen molar-refractivity contribution in [3.8, 4) is 0 Å². The predicted octanol–water partition coefficient (Wildman–Crippen LogP) is 0.939. The summed E-state index contributed by atoms with van der Waals surface area (Å²) < 4.78 is 1.31. The maximum Gasteiger partial charge on any atom is 0.326 e. The minimum Gasteiger partial charge on any atom is -0.480 e. The molecule has 0 spiro atoms. The number of carbonyl (C=O) groups excluding carboxylic acids is 1. The van der Waals surface area contributed by atoms with Gasteiger partial charge in [-0.1, -0.05) is 13.8 Å². The molecule has 0 unspecified atom stereocenters. The molecule has 2 rings (SSSR count). The molecule has 0 radical (unpaired) electrons. The third-order valence-corrected chi connectivity index (χ3v) is 3.86. The molecule has 0 saturated heterocycles. The average molecular weight is 347 g/mol. The fourth-order valence-corrected chi connectivity index (χ4v) is 2.67. The van der Waals surface area contributed by atoms with E-state index in [0.29, 0.717) is 24.0 Å². The topological polar surface area (TPSA) is 121 Å². The lowest BCUT2D eigenvalue weighted by Gasteiger charge is -2.16. The zero-order valence-electron chi connectivity index (χ0n) is 14.3. The van der Waals surface area contributed by atoms with E-state index in [4.69, 9.17) is 0 Å². The number of aryl methyl sites for hydroxylation is 1. The number of nitrogens with zero attached hydrogens (tertiary/aromatic N) is 1. The highest BCUT2D eigenvalue weighted by Gasteiger charge is 2.22. The van der Waals surface area contributed by atoms with E-state index in [9.17, 15) is 24.3 Å². The van der Waals surface area contributed by atoms with Crippen LogP contribution in [-0.4, -0.2) is 32.6 Å². The van der Waals surface area contributed by atoms with Gasteiger partial charge in [-0.05, 0) is 37.5 Å². The van der Waals surface area contributed by atoms with Crippen molar-refractivity contribution in [3.63, 3.8) is 0 Å². The molecule has 0 saturated carbocycles. The number of carboxylic acids is 1. The minimum atomic E-state index is -1.10. The standard InChI is InChI=1S/C17H21N3O5/c1-4-20-13-6-5-10(8-11(13)18-15(22)16(20)23)14(21)19-12(17(24)25)7-9(2)3/h5-6,8-9,12H,4,7H2,1-3H3,(H,18,22)(H,19,21)(H,24,25)/t12-/m1/s1. The number of fused-ring (bicyclic) bond motifs is 1. The first-order chi connectivity index (χ1) is 11.7. The van der Waals surface area contributed by atoms with Crippen LogP contribution in [0.2, 0.25) is 0 Å². The fraction of sp³-hybridized carbons (Fsp3) is 0.412. The van der Waals surface area contributed by atoms with Crippen molar-refractivity contribution in [2.45, 2.75) is 39.8 Å². The van der Waals surface area contributed by atoms with Gasteiger partial charge in [-0.25, -0.2) is 4.79 Å². The van der Waals surface area contributed by atoms with Crippen LogP contribution >= 0.6 is 0 Å². The molecule has 1 heterocycles. The van der Waals surface area contributed by atoms with Crippen molar-refractivity contribution in [2.75, 3.05) is 0 Å². The zero-order chi connectivity index (χ0) is 18.7. The molecule has 1 atom stereocenters. The molecule has 1 amide bonds. The zero-order valence-corrected chi connectivity index (χ0v) is 14.3. The van der Waals surface area contributed by atoms with Gasteiger partial charge in [0.2, 0.25) is 0 Å². The van der Waals surface area contributed by atoms with Crippen molar-refractivity contribution < 1.29 is 14.7 Å². The molecule has 0 fully saturated rings. The molecule has 1 aromatic heterocycles. The fourth-order valence-electron chi connectivity index (χ4n) is 2.67. The number of amides is 1. The number of rotatable bonds is 6. The van der Waals surface area contributed by atoms with Crippen LogP contribution < -0.4 is 16.4 Å². The molecule has 0 aliphatic carbocycles. The van der Waals surface area contributed by atoms with Gasteiger partial charge in [-0.15, -0.1) is 0 Å². The molecule has 8 nitrogen and oxygen atoms in total. The van der Waals surface area contributed by atoms with Crippen LogP contribution in [0.15, 0.2) is 27.8 Å². The molecule has 134 valence electrons. The summed E-state index contributed by atoms with van der Waals surface area (Å²) in [5, 5.41) is 11.7. The van der Waals surface area contributed by atoms with Crippen LogP contribution in [0.5, 0.6) is 0 Å². The largest absolute Gasteiger partial charge is 0.480 e. The summed E-state index contributed by atoms with van der Waals surface area (Å²) in [6, 6.07) is 3.50. The number of aromatic nitrogens is 2. The van der Waals surface area contributed by atoms with Gasteiger partial charge in [0.1, 0.15) is 6.04 Å². The molecule has 3 N–H and O–H groups in total. The number of carboxylic acid groups (broad SMARTS) is 1. The number of nitrogens with one attached hydrogen (secondary N) is 2. The summed E-state index contributed by atoms with van der Waals surface area (Å²) in [7, 11) is 0. The highest BCUT2D eigenvalue weighted by atomic mass is 16.4. The van der Waals surface area contributed by atoms with E-state index < -0.39 is 29.0 Å². The second-order valence-electron chi connectivity index (χ2n) is 6.23. The van der Waals surface area contributed by atoms with Crippen LogP contribution in [-0.2, 0) is 11.3 Å². The van der Waals surface area contributed by atoms with Gasteiger partial charge in [-0.2, -0.15) is 0 Å². The summed E-state index contributed by atoms with van der Waals surface area (Å²) in [5.41, 5.74) is -0.375. The number of H-pyrrole nitrogens is 1. The first-order valence-electron chi connectivity index (χ1n) is 8.05. The van der Waals surface area contributed by atoms with Crippen LogP contribution in [0.3, 0.4) is 0 Å². The van der Waals surface area contributed by atoms with Crippen molar-refractivity contribution in [1.29, 1.82) is 0 Å². The van der Waals surface area contributed by atoms with E-state index >= 15 is 0 Å². The Morgan fingerprint density at radius 1 is 1.28 bits per heavy atom. The van der Waals surface area contributed by atoms with E-state index in [1.165, 1.54) is 16.7 Å². The normalized spacial score (nSPS) is 12.3. The van der Waals surface area contributed by atoms with Crippen molar-refractivity contribution >= 4 is 22.9 Å². The van der Waals surface area contributed by atoms with E-state index in [1.54, 1.807) is 13.0 Å². The average Bonchev–Trinajstić information content (AvgIpc) is 2.54. The minimum absolute atomic E-state index is 0.105. The Morgan fingerprint density at radius 2 is 1.96 bits per heavy atom. The maximum absolute atomic E-state index is 12.4. The molecule has 0 aliphatic rings. The van der Waals surface area contributed by atoms with Crippen LogP contribution in [0, 0.1) is 5.92 Å². The predicted molar refractivity (Wildman–Crippen MR) is 92.8 cm³/mol. The van der Waals surface area contributed by atoms with Crippen LogP contribution in [0.25, 0.3) is 11.0 Å². The lowest BCUT2D eigenvalue weighted by Crippen LogP contribution is -2.41. The van der Waals surface area contributed by atoms with Crippen LogP contribution in [0.1, 0.15) is 37.6 Å². The van der Waals surface area contributed by atoms with E-state index in [2.05, 4.69) is 10.3 Å². The third kappa shape index (κ3) is 3.96. The van der Waals surface area contributed by atoms with E-state index in [1.807, 2.05) is 13.8 Å². The third-order valence-electron chi connectivity index (χ3n) is 3.86. The molecule has 1 aromatic carbocycles. The number of benzene rings is 1. The summed E-state index contributed by atoms with van der Waals surface area (Å²) >= 11 is 0. The molecular formula is C17H21N3O5. The van der Waals surface area contributed by atoms with Crippen molar-refractivity contribution in [1.82, 2.24) is 14.9 Å².